The third-order valence-corrected chi connectivity index (χ3v) is 6.37. The number of hydrogen-bond donors (Lipinski definition) is 0. The average Bonchev–Trinajstić information content (AvgIpc) is 2.95. The third-order valence-electron chi connectivity index (χ3n) is 6.37. The van der Waals surface area contributed by atoms with Crippen molar-refractivity contribution in [3.05, 3.63) is 52.7 Å². The highest BCUT2D eigenvalue weighted by atomic mass is 19.1. The van der Waals surface area contributed by atoms with Gasteiger partial charge in [-0.3, -0.25) is 14.5 Å². The van der Waals surface area contributed by atoms with Crippen LogP contribution in [-0.2, 0) is 22.6 Å². The number of aromatic nitrogens is 1. The minimum absolute atomic E-state index is 0.0426. The molecule has 0 bridgehead atoms. The van der Waals surface area contributed by atoms with Crippen LogP contribution < -0.4 is 0 Å². The molecule has 2 aromatic rings. The fourth-order valence-electron chi connectivity index (χ4n) is 4.55. The molecule has 2 fully saturated rings. The molecule has 1 atom stereocenters. The molecule has 4 rings (SSSR count). The van der Waals surface area contributed by atoms with Crippen molar-refractivity contribution in [3.8, 4) is 0 Å². The first kappa shape index (κ1) is 21.5. The van der Waals surface area contributed by atoms with Gasteiger partial charge >= 0.3 is 0 Å². The summed E-state index contributed by atoms with van der Waals surface area (Å²) in [5.41, 5.74) is 2.72. The van der Waals surface area contributed by atoms with Crippen LogP contribution in [0, 0.1) is 19.7 Å². The Balaban J connectivity index is 1.40. The predicted molar refractivity (Wildman–Crippen MR) is 113 cm³/mol. The van der Waals surface area contributed by atoms with E-state index in [1.54, 1.807) is 12.1 Å². The Bertz CT molecular complexity index is 923. The van der Waals surface area contributed by atoms with Gasteiger partial charge in [0.2, 0.25) is 11.8 Å². The molecule has 7 nitrogen and oxygen atoms in total. The van der Waals surface area contributed by atoms with Crippen molar-refractivity contribution in [2.75, 3.05) is 32.7 Å². The van der Waals surface area contributed by atoms with Crippen LogP contribution in [0.3, 0.4) is 0 Å². The maximum Gasteiger partial charge on any atom is 0.242 e. The minimum atomic E-state index is -0.320. The van der Waals surface area contributed by atoms with Gasteiger partial charge in [-0.05, 0) is 44.4 Å². The number of amides is 2. The summed E-state index contributed by atoms with van der Waals surface area (Å²) < 4.78 is 18.4. The molecule has 0 spiro atoms. The molecule has 2 aliphatic heterocycles. The number of carbonyl (C=O) groups is 2. The highest BCUT2D eigenvalue weighted by Gasteiger charge is 2.38. The summed E-state index contributed by atoms with van der Waals surface area (Å²) in [6, 6.07) is 5.95. The zero-order chi connectivity index (χ0) is 22.0. The van der Waals surface area contributed by atoms with Gasteiger partial charge in [0.25, 0.3) is 0 Å². The van der Waals surface area contributed by atoms with Gasteiger partial charge in [0.1, 0.15) is 17.6 Å². The van der Waals surface area contributed by atoms with E-state index < -0.39 is 0 Å². The smallest absolute Gasteiger partial charge is 0.242 e. The number of aryl methyl sites for hydroxylation is 2. The quantitative estimate of drug-likeness (QED) is 0.731. The summed E-state index contributed by atoms with van der Waals surface area (Å²) in [5.74, 6) is 0.576. The number of carbonyl (C=O) groups excluding carboxylic acids is 2. The minimum Gasteiger partial charge on any atom is -0.361 e. The van der Waals surface area contributed by atoms with Crippen LogP contribution in [0.25, 0.3) is 0 Å². The molecule has 8 heteroatoms. The Hall–Kier alpha value is -2.74. The Morgan fingerprint density at radius 2 is 1.94 bits per heavy atom. The zero-order valence-electron chi connectivity index (χ0n) is 18.1. The van der Waals surface area contributed by atoms with Crippen molar-refractivity contribution < 1.29 is 18.5 Å². The molecule has 0 aliphatic carbocycles. The van der Waals surface area contributed by atoms with Crippen LogP contribution in [-0.4, -0.2) is 70.4 Å². The molecule has 2 amide bonds. The fraction of sp³-hybridized carbons (Fsp3) is 0.522. The first-order valence-electron chi connectivity index (χ1n) is 10.9. The molecular formula is C23H29FN4O3. The fourth-order valence-corrected chi connectivity index (χ4v) is 4.55. The lowest BCUT2D eigenvalue weighted by Gasteiger charge is -2.40. The molecule has 1 aromatic heterocycles. The zero-order valence-corrected chi connectivity index (χ0v) is 18.1. The van der Waals surface area contributed by atoms with Gasteiger partial charge in [-0.25, -0.2) is 4.39 Å². The largest absolute Gasteiger partial charge is 0.361 e. The van der Waals surface area contributed by atoms with Gasteiger partial charge in [-0.2, -0.15) is 0 Å². The summed E-state index contributed by atoms with van der Waals surface area (Å²) in [5, 5.41) is 3.96. The normalized spacial score (nSPS) is 20.0. The highest BCUT2D eigenvalue weighted by molar-refractivity contribution is 5.84. The molecular weight excluding hydrogens is 399 g/mol. The van der Waals surface area contributed by atoms with Crippen LogP contribution in [0.1, 0.15) is 35.4 Å². The van der Waals surface area contributed by atoms with Gasteiger partial charge in [0.05, 0.1) is 5.69 Å². The van der Waals surface area contributed by atoms with Crippen LogP contribution >= 0.6 is 0 Å². The topological polar surface area (TPSA) is 69.9 Å². The van der Waals surface area contributed by atoms with Crippen LogP contribution in [0.2, 0.25) is 0 Å². The van der Waals surface area contributed by atoms with Gasteiger partial charge in [-0.1, -0.05) is 17.3 Å². The Labute approximate surface area is 181 Å². The Morgan fingerprint density at radius 1 is 1.16 bits per heavy atom. The summed E-state index contributed by atoms with van der Waals surface area (Å²) in [4.78, 5) is 32.0. The standard InChI is InChI=1S/C23H29FN4O3/c1-16-20(17(2)31-25-16)8-9-22(29)27-11-3-10-26-12-13-28(23(30)21(26)15-27)14-18-4-6-19(24)7-5-18/h4-7,21H,3,8-15H2,1-2H3. The summed E-state index contributed by atoms with van der Waals surface area (Å²) in [6.07, 6.45) is 1.83. The van der Waals surface area contributed by atoms with E-state index in [2.05, 4.69) is 10.1 Å². The number of fused-ring (bicyclic) bond motifs is 1. The van der Waals surface area contributed by atoms with Gasteiger partial charge in [0, 0.05) is 51.3 Å². The highest BCUT2D eigenvalue weighted by Crippen LogP contribution is 2.21. The molecule has 0 saturated carbocycles. The molecule has 31 heavy (non-hydrogen) atoms. The second-order valence-corrected chi connectivity index (χ2v) is 8.43. The van der Waals surface area contributed by atoms with E-state index >= 15 is 0 Å². The number of nitrogens with zero attached hydrogens (tertiary/aromatic N) is 4. The van der Waals surface area contributed by atoms with E-state index in [-0.39, 0.29) is 23.7 Å². The second-order valence-electron chi connectivity index (χ2n) is 8.43. The molecule has 0 radical (unpaired) electrons. The average molecular weight is 429 g/mol. The first-order chi connectivity index (χ1) is 14.9. The van der Waals surface area contributed by atoms with Crippen molar-refractivity contribution in [2.45, 2.75) is 45.7 Å². The SMILES string of the molecule is Cc1noc(C)c1CCC(=O)N1CCCN2CCN(Cc3ccc(F)cc3)C(=O)C2C1. The third kappa shape index (κ3) is 4.79. The molecule has 1 aromatic carbocycles. The van der Waals surface area contributed by atoms with Crippen LogP contribution in [0.15, 0.2) is 28.8 Å². The molecule has 3 heterocycles. The van der Waals surface area contributed by atoms with Gasteiger partial charge in [-0.15, -0.1) is 0 Å². The molecule has 0 N–H and O–H groups in total. The maximum absolute atomic E-state index is 13.2. The Morgan fingerprint density at radius 3 is 2.65 bits per heavy atom. The maximum atomic E-state index is 13.2. The van der Waals surface area contributed by atoms with E-state index in [4.69, 9.17) is 4.52 Å². The summed E-state index contributed by atoms with van der Waals surface area (Å²) in [7, 11) is 0. The van der Waals surface area contributed by atoms with Gasteiger partial charge < -0.3 is 14.3 Å². The van der Waals surface area contributed by atoms with E-state index in [0.29, 0.717) is 39.0 Å². The van der Waals surface area contributed by atoms with Gasteiger partial charge in [0.15, 0.2) is 0 Å². The number of rotatable bonds is 5. The monoisotopic (exact) mass is 428 g/mol. The van der Waals surface area contributed by atoms with Crippen LogP contribution in [0.4, 0.5) is 4.39 Å². The van der Waals surface area contributed by atoms with E-state index in [1.807, 2.05) is 23.6 Å². The molecule has 166 valence electrons. The van der Waals surface area contributed by atoms with Crippen molar-refractivity contribution in [1.82, 2.24) is 19.9 Å². The first-order valence-corrected chi connectivity index (χ1v) is 10.9. The lowest BCUT2D eigenvalue weighted by molar-refractivity contribution is -0.144. The molecule has 2 saturated heterocycles. The Kier molecular flexibility index (Phi) is 6.36. The van der Waals surface area contributed by atoms with E-state index in [9.17, 15) is 14.0 Å². The lowest BCUT2D eigenvalue weighted by atomic mass is 10.1. The summed E-state index contributed by atoms with van der Waals surface area (Å²) in [6.45, 7) is 7.54. The van der Waals surface area contributed by atoms with Crippen molar-refractivity contribution in [1.29, 1.82) is 0 Å². The lowest BCUT2D eigenvalue weighted by Crippen LogP contribution is -2.59. The van der Waals surface area contributed by atoms with Crippen molar-refractivity contribution in [2.24, 2.45) is 0 Å². The number of piperazine rings is 1. The number of halogens is 1. The number of hydrogen-bond acceptors (Lipinski definition) is 5. The van der Waals surface area contributed by atoms with E-state index in [1.165, 1.54) is 12.1 Å². The molecule has 2 aliphatic rings. The van der Waals surface area contributed by atoms with Crippen LogP contribution in [0.5, 0.6) is 0 Å². The van der Waals surface area contributed by atoms with Crippen molar-refractivity contribution in [3.63, 3.8) is 0 Å². The van der Waals surface area contributed by atoms with Crippen molar-refractivity contribution >= 4 is 11.8 Å². The second kappa shape index (κ2) is 9.18. The number of benzene rings is 1. The predicted octanol–water partition coefficient (Wildman–Crippen LogP) is 2.31. The van der Waals surface area contributed by atoms with E-state index in [0.717, 1.165) is 42.1 Å². The molecule has 1 unspecified atom stereocenters. The summed E-state index contributed by atoms with van der Waals surface area (Å²) >= 11 is 0.